The molecule has 2 heterocycles. The summed E-state index contributed by atoms with van der Waals surface area (Å²) in [5, 5.41) is 4.68. The zero-order chi connectivity index (χ0) is 13.2. The molecule has 1 fully saturated rings. The molecular weight excluding hydrogens is 236 g/mol. The number of benzene rings is 1. The molecule has 0 bridgehead atoms. The van der Waals surface area contributed by atoms with Crippen LogP contribution in [0.25, 0.3) is 10.9 Å². The van der Waals surface area contributed by atoms with E-state index < -0.39 is 0 Å². The van der Waals surface area contributed by atoms with Crippen molar-refractivity contribution in [2.75, 3.05) is 24.5 Å². The molecule has 3 rings (SSSR count). The van der Waals surface area contributed by atoms with Gasteiger partial charge in [-0.05, 0) is 31.5 Å². The molecular formula is C15H20N4. The zero-order valence-electron chi connectivity index (χ0n) is 11.6. The number of aromatic nitrogens is 2. The summed E-state index contributed by atoms with van der Waals surface area (Å²) in [4.78, 5) is 11.3. The van der Waals surface area contributed by atoms with Gasteiger partial charge in [0.15, 0.2) is 0 Å². The van der Waals surface area contributed by atoms with Crippen LogP contribution in [0.2, 0.25) is 0 Å². The fourth-order valence-electron chi connectivity index (χ4n) is 2.88. The molecule has 4 nitrogen and oxygen atoms in total. The van der Waals surface area contributed by atoms with Gasteiger partial charge in [0, 0.05) is 24.5 Å². The number of aryl methyl sites for hydroxylation is 1. The molecule has 1 unspecified atom stereocenters. The predicted octanol–water partition coefficient (Wildman–Crippen LogP) is 2.13. The molecule has 19 heavy (non-hydrogen) atoms. The molecule has 1 aliphatic rings. The SMILES string of the molecule is CCNC1CCN(c2ncnc3c(C)cccc23)C1. The van der Waals surface area contributed by atoms with Gasteiger partial charge in [0.1, 0.15) is 12.1 Å². The second-order valence-corrected chi connectivity index (χ2v) is 5.16. The van der Waals surface area contributed by atoms with Crippen LogP contribution in [0.1, 0.15) is 18.9 Å². The zero-order valence-corrected chi connectivity index (χ0v) is 11.6. The van der Waals surface area contributed by atoms with Crippen molar-refractivity contribution in [3.05, 3.63) is 30.1 Å². The highest BCUT2D eigenvalue weighted by atomic mass is 15.2. The van der Waals surface area contributed by atoms with E-state index in [0.29, 0.717) is 6.04 Å². The minimum absolute atomic E-state index is 0.583. The van der Waals surface area contributed by atoms with E-state index in [0.717, 1.165) is 31.0 Å². The summed E-state index contributed by atoms with van der Waals surface area (Å²) in [5.41, 5.74) is 2.28. The summed E-state index contributed by atoms with van der Waals surface area (Å²) in [6.07, 6.45) is 2.87. The summed E-state index contributed by atoms with van der Waals surface area (Å²) >= 11 is 0. The van der Waals surface area contributed by atoms with Crippen molar-refractivity contribution in [2.45, 2.75) is 26.3 Å². The third-order valence-corrected chi connectivity index (χ3v) is 3.83. The van der Waals surface area contributed by atoms with Crippen LogP contribution in [-0.2, 0) is 0 Å². The van der Waals surface area contributed by atoms with E-state index in [4.69, 9.17) is 0 Å². The van der Waals surface area contributed by atoms with Gasteiger partial charge in [0.25, 0.3) is 0 Å². The maximum Gasteiger partial charge on any atom is 0.139 e. The molecule has 100 valence electrons. The molecule has 1 aromatic heterocycles. The Bertz CT molecular complexity index is 581. The van der Waals surface area contributed by atoms with Gasteiger partial charge in [-0.3, -0.25) is 0 Å². The fourth-order valence-corrected chi connectivity index (χ4v) is 2.88. The van der Waals surface area contributed by atoms with Crippen LogP contribution in [-0.4, -0.2) is 35.6 Å². The van der Waals surface area contributed by atoms with Crippen molar-refractivity contribution in [1.82, 2.24) is 15.3 Å². The number of hydrogen-bond acceptors (Lipinski definition) is 4. The highest BCUT2D eigenvalue weighted by Gasteiger charge is 2.24. The number of para-hydroxylation sites is 1. The molecule has 0 saturated carbocycles. The minimum atomic E-state index is 0.583. The molecule has 1 atom stereocenters. The van der Waals surface area contributed by atoms with Gasteiger partial charge < -0.3 is 10.2 Å². The van der Waals surface area contributed by atoms with Crippen molar-refractivity contribution in [3.63, 3.8) is 0 Å². The highest BCUT2D eigenvalue weighted by molar-refractivity contribution is 5.91. The molecule has 1 aromatic carbocycles. The van der Waals surface area contributed by atoms with Crippen LogP contribution < -0.4 is 10.2 Å². The highest BCUT2D eigenvalue weighted by Crippen LogP contribution is 2.27. The Morgan fingerprint density at radius 3 is 3.11 bits per heavy atom. The number of anilines is 1. The van der Waals surface area contributed by atoms with Crippen molar-refractivity contribution in [1.29, 1.82) is 0 Å². The van der Waals surface area contributed by atoms with E-state index in [1.807, 2.05) is 0 Å². The van der Waals surface area contributed by atoms with Gasteiger partial charge in [-0.15, -0.1) is 0 Å². The first-order chi connectivity index (χ1) is 9.29. The number of hydrogen-bond donors (Lipinski definition) is 1. The van der Waals surface area contributed by atoms with E-state index in [-0.39, 0.29) is 0 Å². The molecule has 2 aromatic rings. The molecule has 1 aliphatic heterocycles. The normalized spacial score (nSPS) is 19.3. The van der Waals surface area contributed by atoms with Crippen molar-refractivity contribution < 1.29 is 0 Å². The summed E-state index contributed by atoms with van der Waals surface area (Å²) in [7, 11) is 0. The number of fused-ring (bicyclic) bond motifs is 1. The largest absolute Gasteiger partial charge is 0.354 e. The van der Waals surface area contributed by atoms with E-state index in [1.54, 1.807) is 6.33 Å². The molecule has 4 heteroatoms. The maximum absolute atomic E-state index is 4.51. The Morgan fingerprint density at radius 2 is 2.26 bits per heavy atom. The van der Waals surface area contributed by atoms with Gasteiger partial charge in [0.2, 0.25) is 0 Å². The average Bonchev–Trinajstić information content (AvgIpc) is 2.88. The lowest BCUT2D eigenvalue weighted by molar-refractivity contribution is 0.571. The Hall–Kier alpha value is -1.68. The minimum Gasteiger partial charge on any atom is -0.354 e. The number of nitrogens with one attached hydrogen (secondary N) is 1. The lowest BCUT2D eigenvalue weighted by Crippen LogP contribution is -2.32. The van der Waals surface area contributed by atoms with E-state index in [1.165, 1.54) is 17.4 Å². The average molecular weight is 256 g/mol. The standard InChI is InChI=1S/C15H20N4/c1-3-16-12-7-8-19(9-12)15-13-6-4-5-11(2)14(13)17-10-18-15/h4-6,10,12,16H,3,7-9H2,1-2H3. The van der Waals surface area contributed by atoms with Gasteiger partial charge in [0.05, 0.1) is 5.52 Å². The molecule has 1 saturated heterocycles. The molecule has 0 radical (unpaired) electrons. The Kier molecular flexibility index (Phi) is 3.34. The summed E-state index contributed by atoms with van der Waals surface area (Å²) < 4.78 is 0. The van der Waals surface area contributed by atoms with Crippen LogP contribution in [0, 0.1) is 6.92 Å². The molecule has 0 amide bonds. The lowest BCUT2D eigenvalue weighted by Gasteiger charge is -2.19. The third kappa shape index (κ3) is 2.28. The number of rotatable bonds is 3. The predicted molar refractivity (Wildman–Crippen MR) is 78.6 cm³/mol. The number of nitrogens with zero attached hydrogens (tertiary/aromatic N) is 3. The van der Waals surface area contributed by atoms with Gasteiger partial charge >= 0.3 is 0 Å². The molecule has 0 spiro atoms. The Balaban J connectivity index is 1.96. The van der Waals surface area contributed by atoms with Crippen LogP contribution in [0.5, 0.6) is 0 Å². The van der Waals surface area contributed by atoms with E-state index in [9.17, 15) is 0 Å². The van der Waals surface area contributed by atoms with Crippen LogP contribution in [0.4, 0.5) is 5.82 Å². The van der Waals surface area contributed by atoms with Crippen LogP contribution >= 0.6 is 0 Å². The summed E-state index contributed by atoms with van der Waals surface area (Å²) in [5.74, 6) is 1.08. The second-order valence-electron chi connectivity index (χ2n) is 5.16. The lowest BCUT2D eigenvalue weighted by atomic mass is 10.1. The summed E-state index contributed by atoms with van der Waals surface area (Å²) in [6.45, 7) is 7.39. The summed E-state index contributed by atoms with van der Waals surface area (Å²) in [6, 6.07) is 6.89. The first-order valence-electron chi connectivity index (χ1n) is 6.98. The Morgan fingerprint density at radius 1 is 1.37 bits per heavy atom. The maximum atomic E-state index is 4.51. The fraction of sp³-hybridized carbons (Fsp3) is 0.467. The van der Waals surface area contributed by atoms with Crippen molar-refractivity contribution in [3.8, 4) is 0 Å². The number of likely N-dealkylation sites (N-methyl/N-ethyl adjacent to an activating group) is 1. The third-order valence-electron chi connectivity index (χ3n) is 3.83. The van der Waals surface area contributed by atoms with Gasteiger partial charge in [-0.1, -0.05) is 19.1 Å². The Labute approximate surface area is 113 Å². The van der Waals surface area contributed by atoms with E-state index >= 15 is 0 Å². The molecule has 1 N–H and O–H groups in total. The first-order valence-corrected chi connectivity index (χ1v) is 6.98. The second kappa shape index (κ2) is 5.13. The van der Waals surface area contributed by atoms with E-state index in [2.05, 4.69) is 52.2 Å². The smallest absolute Gasteiger partial charge is 0.139 e. The first kappa shape index (κ1) is 12.4. The molecule has 0 aliphatic carbocycles. The topological polar surface area (TPSA) is 41.0 Å². The quantitative estimate of drug-likeness (QED) is 0.913. The van der Waals surface area contributed by atoms with Gasteiger partial charge in [-0.2, -0.15) is 0 Å². The van der Waals surface area contributed by atoms with Crippen molar-refractivity contribution in [2.24, 2.45) is 0 Å². The van der Waals surface area contributed by atoms with Crippen LogP contribution in [0.15, 0.2) is 24.5 Å². The van der Waals surface area contributed by atoms with Crippen LogP contribution in [0.3, 0.4) is 0 Å². The van der Waals surface area contributed by atoms with Crippen molar-refractivity contribution >= 4 is 16.7 Å². The monoisotopic (exact) mass is 256 g/mol. The van der Waals surface area contributed by atoms with Gasteiger partial charge in [-0.25, -0.2) is 9.97 Å².